The van der Waals surface area contributed by atoms with Gasteiger partial charge >= 0.3 is 5.97 Å². The highest BCUT2D eigenvalue weighted by Crippen LogP contribution is 2.40. The number of ether oxygens (including phenoxy) is 1. The van der Waals surface area contributed by atoms with Gasteiger partial charge in [0.1, 0.15) is 0 Å². The molecule has 0 amide bonds. The van der Waals surface area contributed by atoms with E-state index in [1.807, 2.05) is 12.1 Å². The van der Waals surface area contributed by atoms with Crippen LogP contribution in [0.15, 0.2) is 30.0 Å². The Morgan fingerprint density at radius 1 is 1.14 bits per heavy atom. The minimum absolute atomic E-state index is 0.242. The summed E-state index contributed by atoms with van der Waals surface area (Å²) in [6.07, 6.45) is 6.79. The quantitative estimate of drug-likeness (QED) is 0.845. The molecule has 1 aromatic carbocycles. The van der Waals surface area contributed by atoms with Crippen molar-refractivity contribution in [1.82, 2.24) is 5.32 Å². The minimum Gasteiger partial charge on any atom is -0.449 e. The van der Waals surface area contributed by atoms with Crippen LogP contribution in [0.2, 0.25) is 10.0 Å². The zero-order chi connectivity index (χ0) is 14.9. The Labute approximate surface area is 134 Å². The fourth-order valence-electron chi connectivity index (χ4n) is 3.08. The molecule has 0 aromatic heterocycles. The van der Waals surface area contributed by atoms with Crippen molar-refractivity contribution in [1.29, 1.82) is 0 Å². The monoisotopic (exact) mass is 325 g/mol. The number of hydrogen-bond donors (Lipinski definition) is 1. The Morgan fingerprint density at radius 3 is 2.62 bits per heavy atom. The van der Waals surface area contributed by atoms with Crippen molar-refractivity contribution in [3.63, 3.8) is 0 Å². The molecule has 1 fully saturated rings. The summed E-state index contributed by atoms with van der Waals surface area (Å²) in [5, 5.41) is 4.43. The molecule has 5 heteroatoms. The number of hydrogen-bond acceptors (Lipinski definition) is 3. The molecule has 0 unspecified atom stereocenters. The Kier molecular flexibility index (Phi) is 4.14. The van der Waals surface area contributed by atoms with Crippen LogP contribution in [-0.2, 0) is 16.1 Å². The average molecular weight is 326 g/mol. The Balaban J connectivity index is 1.72. The standard InChI is InChI=1S/C16H17Cl2NO2/c17-12-5-4-11(8-13(12)18)10-19-14-9-15(20)21-16(14)6-2-1-3-7-16/h4-5,8-9,19H,1-3,6-7,10H2. The molecule has 112 valence electrons. The highest BCUT2D eigenvalue weighted by molar-refractivity contribution is 6.42. The second kappa shape index (κ2) is 5.90. The molecule has 1 aromatic rings. The van der Waals surface area contributed by atoms with Crippen LogP contribution < -0.4 is 5.32 Å². The van der Waals surface area contributed by atoms with Crippen LogP contribution in [0.3, 0.4) is 0 Å². The highest BCUT2D eigenvalue weighted by atomic mass is 35.5. The fraction of sp³-hybridized carbons (Fsp3) is 0.438. The van der Waals surface area contributed by atoms with Crippen molar-refractivity contribution in [3.8, 4) is 0 Å². The van der Waals surface area contributed by atoms with Gasteiger partial charge in [-0.05, 0) is 43.4 Å². The lowest BCUT2D eigenvalue weighted by Crippen LogP contribution is -2.39. The van der Waals surface area contributed by atoms with Gasteiger partial charge in [-0.15, -0.1) is 0 Å². The predicted octanol–water partition coefficient (Wildman–Crippen LogP) is 4.23. The molecule has 3 nitrogen and oxygen atoms in total. The molecule has 0 atom stereocenters. The fourth-order valence-corrected chi connectivity index (χ4v) is 3.40. The molecule has 1 aliphatic carbocycles. The summed E-state index contributed by atoms with van der Waals surface area (Å²) >= 11 is 11.9. The lowest BCUT2D eigenvalue weighted by molar-refractivity contribution is -0.148. The summed E-state index contributed by atoms with van der Waals surface area (Å²) in [5.74, 6) is -0.242. The van der Waals surface area contributed by atoms with E-state index in [9.17, 15) is 4.79 Å². The third kappa shape index (κ3) is 3.04. The molecular formula is C16H17Cl2NO2. The van der Waals surface area contributed by atoms with E-state index < -0.39 is 5.60 Å². The number of esters is 1. The third-order valence-electron chi connectivity index (χ3n) is 4.18. The van der Waals surface area contributed by atoms with Crippen molar-refractivity contribution in [2.24, 2.45) is 0 Å². The first kappa shape index (κ1) is 14.7. The Hall–Kier alpha value is -1.19. The molecule has 21 heavy (non-hydrogen) atoms. The number of halogens is 2. The predicted molar refractivity (Wildman–Crippen MR) is 83.3 cm³/mol. The number of rotatable bonds is 3. The molecule has 2 aliphatic rings. The van der Waals surface area contributed by atoms with E-state index in [0.717, 1.165) is 36.9 Å². The number of carbonyl (C=O) groups excluding carboxylic acids is 1. The Morgan fingerprint density at radius 2 is 1.90 bits per heavy atom. The zero-order valence-electron chi connectivity index (χ0n) is 11.6. The normalized spacial score (nSPS) is 20.3. The van der Waals surface area contributed by atoms with E-state index in [0.29, 0.717) is 16.6 Å². The molecule has 1 heterocycles. The van der Waals surface area contributed by atoms with Crippen LogP contribution >= 0.6 is 23.2 Å². The van der Waals surface area contributed by atoms with Gasteiger partial charge in [0, 0.05) is 12.6 Å². The van der Waals surface area contributed by atoms with Crippen LogP contribution in [0.5, 0.6) is 0 Å². The van der Waals surface area contributed by atoms with Gasteiger partial charge in [-0.3, -0.25) is 0 Å². The van der Waals surface area contributed by atoms with E-state index in [2.05, 4.69) is 5.32 Å². The van der Waals surface area contributed by atoms with Gasteiger partial charge in [-0.2, -0.15) is 0 Å². The number of carbonyl (C=O) groups is 1. The summed E-state index contributed by atoms with van der Waals surface area (Å²) < 4.78 is 5.59. The SMILES string of the molecule is O=C1C=C(NCc2ccc(Cl)c(Cl)c2)C2(CCCCC2)O1. The van der Waals surface area contributed by atoms with Gasteiger partial charge in [0.05, 0.1) is 15.7 Å². The van der Waals surface area contributed by atoms with Crippen LogP contribution in [0.1, 0.15) is 37.7 Å². The van der Waals surface area contributed by atoms with Gasteiger partial charge < -0.3 is 10.1 Å². The number of benzene rings is 1. The van der Waals surface area contributed by atoms with Crippen LogP contribution in [0.4, 0.5) is 0 Å². The smallest absolute Gasteiger partial charge is 0.333 e. The molecular weight excluding hydrogens is 309 g/mol. The summed E-state index contributed by atoms with van der Waals surface area (Å²) in [6.45, 7) is 0.598. The van der Waals surface area contributed by atoms with Crippen LogP contribution in [-0.4, -0.2) is 11.6 Å². The molecule has 3 rings (SSSR count). The van der Waals surface area contributed by atoms with E-state index in [-0.39, 0.29) is 5.97 Å². The van der Waals surface area contributed by atoms with Gasteiger partial charge in [0.15, 0.2) is 5.60 Å². The third-order valence-corrected chi connectivity index (χ3v) is 4.92. The summed E-state index contributed by atoms with van der Waals surface area (Å²) in [7, 11) is 0. The molecule has 0 radical (unpaired) electrons. The van der Waals surface area contributed by atoms with Gasteiger partial charge in [-0.25, -0.2) is 4.79 Å². The van der Waals surface area contributed by atoms with Crippen molar-refractivity contribution in [2.75, 3.05) is 0 Å². The Bertz CT molecular complexity index is 592. The molecule has 1 saturated carbocycles. The lowest BCUT2D eigenvalue weighted by Gasteiger charge is -2.34. The molecule has 1 spiro atoms. The van der Waals surface area contributed by atoms with Crippen molar-refractivity contribution in [3.05, 3.63) is 45.6 Å². The first-order valence-corrected chi connectivity index (χ1v) is 7.98. The molecule has 0 bridgehead atoms. The topological polar surface area (TPSA) is 38.3 Å². The van der Waals surface area contributed by atoms with E-state index in [4.69, 9.17) is 27.9 Å². The summed E-state index contributed by atoms with van der Waals surface area (Å²) in [5.41, 5.74) is 1.50. The van der Waals surface area contributed by atoms with Gasteiger partial charge in [0.2, 0.25) is 0 Å². The molecule has 1 aliphatic heterocycles. The zero-order valence-corrected chi connectivity index (χ0v) is 13.1. The van der Waals surface area contributed by atoms with E-state index in [1.165, 1.54) is 6.42 Å². The lowest BCUT2D eigenvalue weighted by atomic mass is 9.83. The second-order valence-electron chi connectivity index (χ2n) is 5.64. The summed E-state index contributed by atoms with van der Waals surface area (Å²) in [4.78, 5) is 11.7. The highest BCUT2D eigenvalue weighted by Gasteiger charge is 2.43. The van der Waals surface area contributed by atoms with Crippen LogP contribution in [0, 0.1) is 0 Å². The van der Waals surface area contributed by atoms with Gasteiger partial charge in [-0.1, -0.05) is 35.7 Å². The van der Waals surface area contributed by atoms with Crippen molar-refractivity contribution < 1.29 is 9.53 Å². The molecule has 0 saturated heterocycles. The maximum Gasteiger partial charge on any atom is 0.333 e. The van der Waals surface area contributed by atoms with E-state index >= 15 is 0 Å². The first-order chi connectivity index (χ1) is 10.1. The minimum atomic E-state index is -0.425. The summed E-state index contributed by atoms with van der Waals surface area (Å²) in [6, 6.07) is 5.54. The van der Waals surface area contributed by atoms with Gasteiger partial charge in [0.25, 0.3) is 0 Å². The first-order valence-electron chi connectivity index (χ1n) is 7.22. The maximum atomic E-state index is 11.7. The van der Waals surface area contributed by atoms with E-state index in [1.54, 1.807) is 12.1 Å². The molecule has 1 N–H and O–H groups in total. The van der Waals surface area contributed by atoms with Crippen molar-refractivity contribution in [2.45, 2.75) is 44.2 Å². The van der Waals surface area contributed by atoms with Crippen molar-refractivity contribution >= 4 is 29.2 Å². The maximum absolute atomic E-state index is 11.7. The largest absolute Gasteiger partial charge is 0.449 e. The second-order valence-corrected chi connectivity index (χ2v) is 6.45. The number of nitrogens with one attached hydrogen (secondary N) is 1. The van der Waals surface area contributed by atoms with Crippen LogP contribution in [0.25, 0.3) is 0 Å². The average Bonchev–Trinajstić information content (AvgIpc) is 2.76.